The highest BCUT2D eigenvalue weighted by Crippen LogP contribution is 2.54. The molecule has 0 fully saturated rings. The zero-order valence-corrected chi connectivity index (χ0v) is 27.4. The number of hydrogen-bond acceptors (Lipinski definition) is 3. The number of benzene rings is 6. The summed E-state index contributed by atoms with van der Waals surface area (Å²) in [6.45, 7) is 4.72. The molecule has 3 nitrogen and oxygen atoms in total. The fourth-order valence-electron chi connectivity index (χ4n) is 7.54. The van der Waals surface area contributed by atoms with Gasteiger partial charge in [-0.2, -0.15) is 0 Å². The molecule has 1 aliphatic carbocycles. The van der Waals surface area contributed by atoms with Crippen molar-refractivity contribution in [3.8, 4) is 67.3 Å². The lowest BCUT2D eigenvalue weighted by molar-refractivity contribution is 0.666. The van der Waals surface area contributed by atoms with Crippen LogP contribution in [-0.4, -0.2) is 15.0 Å². The molecule has 0 N–H and O–H groups in total. The van der Waals surface area contributed by atoms with E-state index in [9.17, 15) is 0 Å². The van der Waals surface area contributed by atoms with Crippen LogP contribution in [0.1, 0.15) is 25.0 Å². The van der Waals surface area contributed by atoms with Gasteiger partial charge in [0.25, 0.3) is 0 Å². The third-order valence-corrected chi connectivity index (χ3v) is 9.99. The van der Waals surface area contributed by atoms with Gasteiger partial charge in [-0.15, -0.1) is 0 Å². The van der Waals surface area contributed by atoms with Crippen molar-refractivity contribution >= 4 is 10.8 Å². The molecule has 232 valence electrons. The van der Waals surface area contributed by atoms with E-state index < -0.39 is 0 Å². The first-order valence-electron chi connectivity index (χ1n) is 16.8. The zero-order chi connectivity index (χ0) is 33.0. The summed E-state index contributed by atoms with van der Waals surface area (Å²) in [6, 6.07) is 53.9. The lowest BCUT2D eigenvalue weighted by atomic mass is 9.80. The van der Waals surface area contributed by atoms with Crippen molar-refractivity contribution < 1.29 is 0 Å². The van der Waals surface area contributed by atoms with Gasteiger partial charge in [0.05, 0.1) is 11.4 Å². The summed E-state index contributed by atoms with van der Waals surface area (Å²) in [5, 5.41) is 2.62. The Labute approximate surface area is 286 Å². The smallest absolute Gasteiger partial charge is 0.160 e. The molecule has 3 heteroatoms. The normalized spacial score (nSPS) is 12.9. The average Bonchev–Trinajstić information content (AvgIpc) is 3.42. The van der Waals surface area contributed by atoms with Gasteiger partial charge in [-0.25, -0.2) is 9.97 Å². The second kappa shape index (κ2) is 11.5. The quantitative estimate of drug-likeness (QED) is 0.191. The monoisotopic (exact) mass is 627 g/mol. The van der Waals surface area contributed by atoms with Crippen LogP contribution in [0, 0.1) is 0 Å². The van der Waals surface area contributed by atoms with E-state index in [0.29, 0.717) is 5.82 Å². The van der Waals surface area contributed by atoms with Crippen LogP contribution in [0.15, 0.2) is 164 Å². The van der Waals surface area contributed by atoms with E-state index >= 15 is 0 Å². The predicted octanol–water partition coefficient (Wildman–Crippen LogP) is 11.7. The maximum absolute atomic E-state index is 5.12. The maximum atomic E-state index is 5.12. The Balaban J connectivity index is 1.13. The Kier molecular flexibility index (Phi) is 6.80. The molecule has 9 rings (SSSR count). The van der Waals surface area contributed by atoms with Gasteiger partial charge >= 0.3 is 0 Å². The summed E-state index contributed by atoms with van der Waals surface area (Å²) < 4.78 is 0. The molecule has 8 aromatic rings. The summed E-state index contributed by atoms with van der Waals surface area (Å²) in [5.41, 5.74) is 14.9. The second-order valence-electron chi connectivity index (χ2n) is 13.3. The Hall–Kier alpha value is -6.19. The fraction of sp³-hybridized carbons (Fsp3) is 0.0652. The SMILES string of the molecule is CC1(C)c2cccc(-c3ccc(-c4cc(-c5ccccc5)nc(-c5ccc(-c6cccnc6)cc5)n4)cc3)c2-c2ccc3ccccc3c21. The molecule has 0 aliphatic heterocycles. The van der Waals surface area contributed by atoms with Crippen molar-refractivity contribution in [3.63, 3.8) is 0 Å². The molecule has 1 aliphatic rings. The molecule has 2 aromatic heterocycles. The van der Waals surface area contributed by atoms with Crippen molar-refractivity contribution in [2.45, 2.75) is 19.3 Å². The minimum Gasteiger partial charge on any atom is -0.264 e. The molecular weight excluding hydrogens is 595 g/mol. The lowest BCUT2D eigenvalue weighted by Gasteiger charge is -2.23. The van der Waals surface area contributed by atoms with Crippen molar-refractivity contribution in [1.29, 1.82) is 0 Å². The Bertz CT molecular complexity index is 2480. The van der Waals surface area contributed by atoms with Crippen LogP contribution in [0.2, 0.25) is 0 Å². The molecular formula is C46H33N3. The minimum atomic E-state index is -0.0944. The van der Waals surface area contributed by atoms with Crippen molar-refractivity contribution in [3.05, 3.63) is 175 Å². The van der Waals surface area contributed by atoms with E-state index in [0.717, 1.165) is 39.2 Å². The third-order valence-electron chi connectivity index (χ3n) is 9.99. The number of fused-ring (bicyclic) bond motifs is 5. The van der Waals surface area contributed by atoms with E-state index in [1.165, 1.54) is 44.2 Å². The molecule has 0 saturated heterocycles. The highest BCUT2D eigenvalue weighted by atomic mass is 14.9. The van der Waals surface area contributed by atoms with Crippen LogP contribution in [0.3, 0.4) is 0 Å². The Morgan fingerprint density at radius 3 is 1.88 bits per heavy atom. The van der Waals surface area contributed by atoms with Crippen LogP contribution >= 0.6 is 0 Å². The molecule has 6 aromatic carbocycles. The molecule has 2 heterocycles. The van der Waals surface area contributed by atoms with E-state index in [2.05, 4.69) is 158 Å². The van der Waals surface area contributed by atoms with Gasteiger partial charge in [0.2, 0.25) is 0 Å². The van der Waals surface area contributed by atoms with Gasteiger partial charge in [0.1, 0.15) is 0 Å². The standard InChI is InChI=1S/C46H33N3/c1-46(2)40-16-8-15-37(43(40)39-26-25-31-10-6-7-14-38(31)44(39)46)32-19-21-34(22-20-32)42-28-41(33-11-4-3-5-12-33)48-45(49-42)35-23-17-30(18-24-35)36-13-9-27-47-29-36/h3-29H,1-2H3. The lowest BCUT2D eigenvalue weighted by Crippen LogP contribution is -2.15. The summed E-state index contributed by atoms with van der Waals surface area (Å²) in [5.74, 6) is 0.699. The van der Waals surface area contributed by atoms with Crippen molar-refractivity contribution in [1.82, 2.24) is 15.0 Å². The molecule has 49 heavy (non-hydrogen) atoms. The average molecular weight is 628 g/mol. The van der Waals surface area contributed by atoms with Gasteiger partial charge in [0, 0.05) is 34.5 Å². The summed E-state index contributed by atoms with van der Waals surface area (Å²) in [6.07, 6.45) is 3.68. The topological polar surface area (TPSA) is 38.7 Å². The van der Waals surface area contributed by atoms with E-state index in [4.69, 9.17) is 9.97 Å². The largest absolute Gasteiger partial charge is 0.264 e. The van der Waals surface area contributed by atoms with Crippen LogP contribution < -0.4 is 0 Å². The van der Waals surface area contributed by atoms with Crippen LogP contribution in [-0.2, 0) is 5.41 Å². The first-order valence-corrected chi connectivity index (χ1v) is 16.8. The number of hydrogen-bond donors (Lipinski definition) is 0. The van der Waals surface area contributed by atoms with Crippen LogP contribution in [0.4, 0.5) is 0 Å². The fourth-order valence-corrected chi connectivity index (χ4v) is 7.54. The van der Waals surface area contributed by atoms with Gasteiger partial charge in [-0.3, -0.25) is 4.98 Å². The molecule has 0 saturated carbocycles. The highest BCUT2D eigenvalue weighted by Gasteiger charge is 2.38. The Morgan fingerprint density at radius 1 is 0.469 bits per heavy atom. The summed E-state index contributed by atoms with van der Waals surface area (Å²) in [4.78, 5) is 14.4. The molecule has 0 amide bonds. The van der Waals surface area contributed by atoms with E-state index in [-0.39, 0.29) is 5.41 Å². The van der Waals surface area contributed by atoms with Gasteiger partial charge in [0.15, 0.2) is 5.82 Å². The van der Waals surface area contributed by atoms with Crippen LogP contribution in [0.5, 0.6) is 0 Å². The molecule has 0 radical (unpaired) electrons. The van der Waals surface area contributed by atoms with E-state index in [1.54, 1.807) is 6.20 Å². The molecule has 0 unspecified atom stereocenters. The third kappa shape index (κ3) is 4.94. The zero-order valence-electron chi connectivity index (χ0n) is 27.4. The van der Waals surface area contributed by atoms with E-state index in [1.807, 2.05) is 18.3 Å². The predicted molar refractivity (Wildman–Crippen MR) is 202 cm³/mol. The van der Waals surface area contributed by atoms with Gasteiger partial charge < -0.3 is 0 Å². The highest BCUT2D eigenvalue weighted by molar-refractivity contribution is 6.01. The maximum Gasteiger partial charge on any atom is 0.160 e. The summed E-state index contributed by atoms with van der Waals surface area (Å²) >= 11 is 0. The van der Waals surface area contributed by atoms with Gasteiger partial charge in [-0.1, -0.05) is 153 Å². The van der Waals surface area contributed by atoms with Crippen LogP contribution in [0.25, 0.3) is 78.1 Å². The minimum absolute atomic E-state index is 0.0944. The second-order valence-corrected chi connectivity index (χ2v) is 13.3. The number of aromatic nitrogens is 3. The Morgan fingerprint density at radius 2 is 1.12 bits per heavy atom. The van der Waals surface area contributed by atoms with Crippen molar-refractivity contribution in [2.75, 3.05) is 0 Å². The summed E-state index contributed by atoms with van der Waals surface area (Å²) in [7, 11) is 0. The first kappa shape index (κ1) is 29.0. The van der Waals surface area contributed by atoms with Gasteiger partial charge in [-0.05, 0) is 67.4 Å². The van der Waals surface area contributed by atoms with Crippen molar-refractivity contribution in [2.24, 2.45) is 0 Å². The first-order chi connectivity index (χ1) is 24.0. The molecule has 0 spiro atoms. The molecule has 0 bridgehead atoms. The number of pyridine rings is 1. The number of rotatable bonds is 5. The number of nitrogens with zero attached hydrogens (tertiary/aromatic N) is 3. The molecule has 0 atom stereocenters.